The Kier molecular flexibility index (Phi) is 11.9. The molecule has 0 saturated heterocycles. The molecule has 7 nitrogen and oxygen atoms in total. The minimum Gasteiger partial charge on any atom is -0.352 e. The van der Waals surface area contributed by atoms with E-state index in [9.17, 15) is 18.0 Å². The predicted molar refractivity (Wildman–Crippen MR) is 186 cm³/mol. The van der Waals surface area contributed by atoms with Gasteiger partial charge in [0.2, 0.25) is 11.8 Å². The van der Waals surface area contributed by atoms with Gasteiger partial charge in [-0.25, -0.2) is 8.42 Å². The highest BCUT2D eigenvalue weighted by Crippen LogP contribution is 2.31. The molecule has 0 aromatic heterocycles. The number of hydrogen-bond acceptors (Lipinski definition) is 4. The van der Waals surface area contributed by atoms with Gasteiger partial charge < -0.3 is 10.2 Å². The van der Waals surface area contributed by atoms with Gasteiger partial charge in [-0.1, -0.05) is 102 Å². The summed E-state index contributed by atoms with van der Waals surface area (Å²) in [6.07, 6.45) is 0.938. The standard InChI is InChI=1S/C36H39Cl2N3O4S/c1-5-27(4)39-36(43)34(21-28-12-7-6-8-13-28)40(23-29-14-10-9-11-26(29)3)35(42)24-41(30-17-20-32(37)33(38)22-30)46(44,45)31-18-15-25(2)16-19-31/h6-20,22,27,34H,5,21,23-24H2,1-4H3,(H,39,43)/t27-,34+/m0/s1. The molecule has 0 aliphatic carbocycles. The molecule has 0 aliphatic rings. The highest BCUT2D eigenvalue weighted by molar-refractivity contribution is 7.92. The van der Waals surface area contributed by atoms with Crippen molar-refractivity contribution in [3.8, 4) is 0 Å². The van der Waals surface area contributed by atoms with Crippen molar-refractivity contribution in [3.63, 3.8) is 0 Å². The van der Waals surface area contributed by atoms with Crippen LogP contribution in [0.25, 0.3) is 0 Å². The monoisotopic (exact) mass is 679 g/mol. The Morgan fingerprint density at radius 2 is 1.50 bits per heavy atom. The molecule has 10 heteroatoms. The lowest BCUT2D eigenvalue weighted by Gasteiger charge is -2.34. The molecule has 4 aromatic carbocycles. The second-order valence-electron chi connectivity index (χ2n) is 11.4. The van der Waals surface area contributed by atoms with Crippen molar-refractivity contribution in [1.82, 2.24) is 10.2 Å². The van der Waals surface area contributed by atoms with Gasteiger partial charge in [0.05, 0.1) is 20.6 Å². The average molecular weight is 681 g/mol. The number of hydrogen-bond donors (Lipinski definition) is 1. The molecule has 0 bridgehead atoms. The predicted octanol–water partition coefficient (Wildman–Crippen LogP) is 7.36. The number of anilines is 1. The third kappa shape index (κ3) is 8.69. The normalized spacial score (nSPS) is 12.7. The molecule has 0 heterocycles. The molecular weight excluding hydrogens is 641 g/mol. The fraction of sp³-hybridized carbons (Fsp3) is 0.278. The SMILES string of the molecule is CC[C@H](C)NC(=O)[C@@H](Cc1ccccc1)N(Cc1ccccc1C)C(=O)CN(c1ccc(Cl)c(Cl)c1)S(=O)(=O)c1ccc(C)cc1. The van der Waals surface area contributed by atoms with E-state index in [1.807, 2.05) is 82.3 Å². The molecule has 2 atom stereocenters. The van der Waals surface area contributed by atoms with E-state index in [1.54, 1.807) is 12.1 Å². The van der Waals surface area contributed by atoms with Crippen molar-refractivity contribution >= 4 is 50.7 Å². The van der Waals surface area contributed by atoms with E-state index in [2.05, 4.69) is 5.32 Å². The van der Waals surface area contributed by atoms with Crippen LogP contribution in [-0.2, 0) is 32.6 Å². The average Bonchev–Trinajstić information content (AvgIpc) is 3.04. The van der Waals surface area contributed by atoms with E-state index >= 15 is 0 Å². The Morgan fingerprint density at radius 1 is 0.848 bits per heavy atom. The molecule has 0 saturated carbocycles. The Morgan fingerprint density at radius 3 is 2.13 bits per heavy atom. The Bertz CT molecular complexity index is 1770. The highest BCUT2D eigenvalue weighted by atomic mass is 35.5. The van der Waals surface area contributed by atoms with Crippen molar-refractivity contribution in [3.05, 3.63) is 129 Å². The zero-order chi connectivity index (χ0) is 33.4. The van der Waals surface area contributed by atoms with Crippen LogP contribution < -0.4 is 9.62 Å². The molecular formula is C36H39Cl2N3O4S. The van der Waals surface area contributed by atoms with E-state index < -0.39 is 28.5 Å². The summed E-state index contributed by atoms with van der Waals surface area (Å²) in [6.45, 7) is 7.19. The second kappa shape index (κ2) is 15.6. The van der Waals surface area contributed by atoms with E-state index in [4.69, 9.17) is 23.2 Å². The number of nitrogens with one attached hydrogen (secondary N) is 1. The summed E-state index contributed by atoms with van der Waals surface area (Å²) in [6, 6.07) is 26.8. The van der Waals surface area contributed by atoms with Crippen LogP contribution in [0.2, 0.25) is 10.0 Å². The maximum absolute atomic E-state index is 14.6. The molecule has 2 amide bonds. The van der Waals surface area contributed by atoms with Crippen LogP contribution in [0.4, 0.5) is 5.69 Å². The summed E-state index contributed by atoms with van der Waals surface area (Å²) in [5, 5.41) is 3.44. The summed E-state index contributed by atoms with van der Waals surface area (Å²) in [4.78, 5) is 30.1. The van der Waals surface area contributed by atoms with Crippen LogP contribution in [0.1, 0.15) is 42.5 Å². The van der Waals surface area contributed by atoms with Gasteiger partial charge in [0.15, 0.2) is 0 Å². The summed E-state index contributed by atoms with van der Waals surface area (Å²) < 4.78 is 29.4. The van der Waals surface area contributed by atoms with E-state index in [0.29, 0.717) is 6.42 Å². The number of sulfonamides is 1. The van der Waals surface area contributed by atoms with Crippen LogP contribution in [0.3, 0.4) is 0 Å². The Labute approximate surface area is 282 Å². The number of halogens is 2. The minimum atomic E-state index is -4.25. The number of aryl methyl sites for hydroxylation is 2. The number of amides is 2. The van der Waals surface area contributed by atoms with Gasteiger partial charge in [-0.05, 0) is 74.2 Å². The van der Waals surface area contributed by atoms with Gasteiger partial charge in [-0.15, -0.1) is 0 Å². The van der Waals surface area contributed by atoms with Gasteiger partial charge in [-0.3, -0.25) is 13.9 Å². The lowest BCUT2D eigenvalue weighted by molar-refractivity contribution is -0.140. The molecule has 0 fully saturated rings. The molecule has 0 aliphatic heterocycles. The van der Waals surface area contributed by atoms with E-state index in [-0.39, 0.29) is 45.5 Å². The van der Waals surface area contributed by atoms with Crippen LogP contribution in [0, 0.1) is 13.8 Å². The molecule has 0 radical (unpaired) electrons. The quantitative estimate of drug-likeness (QED) is 0.160. The number of carbonyl (C=O) groups excluding carboxylic acids is 2. The summed E-state index contributed by atoms with van der Waals surface area (Å²) in [7, 11) is -4.25. The fourth-order valence-electron chi connectivity index (χ4n) is 4.97. The summed E-state index contributed by atoms with van der Waals surface area (Å²) >= 11 is 12.5. The fourth-order valence-corrected chi connectivity index (χ4v) is 6.67. The first-order valence-corrected chi connectivity index (χ1v) is 17.3. The first kappa shape index (κ1) is 35.0. The number of carbonyl (C=O) groups is 2. The molecule has 1 N–H and O–H groups in total. The van der Waals surface area contributed by atoms with Gasteiger partial charge in [-0.2, -0.15) is 0 Å². The minimum absolute atomic E-state index is 0.0118. The molecule has 0 spiro atoms. The molecule has 0 unspecified atom stereocenters. The molecule has 242 valence electrons. The first-order chi connectivity index (χ1) is 21.9. The number of benzene rings is 4. The van der Waals surface area contributed by atoms with Gasteiger partial charge in [0.1, 0.15) is 12.6 Å². The maximum Gasteiger partial charge on any atom is 0.264 e. The lowest BCUT2D eigenvalue weighted by atomic mass is 10.0. The Balaban J connectivity index is 1.83. The van der Waals surface area contributed by atoms with E-state index in [0.717, 1.165) is 26.6 Å². The van der Waals surface area contributed by atoms with Crippen molar-refractivity contribution in [1.29, 1.82) is 0 Å². The lowest BCUT2D eigenvalue weighted by Crippen LogP contribution is -2.54. The van der Waals surface area contributed by atoms with Gasteiger partial charge >= 0.3 is 0 Å². The van der Waals surface area contributed by atoms with Gasteiger partial charge in [0.25, 0.3) is 10.0 Å². The van der Waals surface area contributed by atoms with Crippen molar-refractivity contribution in [2.45, 2.75) is 64.1 Å². The van der Waals surface area contributed by atoms with Crippen molar-refractivity contribution in [2.75, 3.05) is 10.8 Å². The Hall–Kier alpha value is -3.85. The number of rotatable bonds is 13. The van der Waals surface area contributed by atoms with Crippen LogP contribution in [0.15, 0.2) is 102 Å². The van der Waals surface area contributed by atoms with Crippen LogP contribution in [0.5, 0.6) is 0 Å². The summed E-state index contributed by atoms with van der Waals surface area (Å²) in [5.74, 6) is -0.868. The van der Waals surface area contributed by atoms with Crippen molar-refractivity contribution in [2.24, 2.45) is 0 Å². The van der Waals surface area contributed by atoms with Crippen molar-refractivity contribution < 1.29 is 18.0 Å². The maximum atomic E-state index is 14.6. The van der Waals surface area contributed by atoms with Crippen LogP contribution >= 0.6 is 23.2 Å². The smallest absolute Gasteiger partial charge is 0.264 e. The number of nitrogens with zero attached hydrogens (tertiary/aromatic N) is 2. The third-order valence-corrected chi connectivity index (χ3v) is 10.5. The molecule has 4 aromatic rings. The zero-order valence-corrected chi connectivity index (χ0v) is 28.7. The summed E-state index contributed by atoms with van der Waals surface area (Å²) in [5.41, 5.74) is 3.70. The van der Waals surface area contributed by atoms with E-state index in [1.165, 1.54) is 35.2 Å². The topological polar surface area (TPSA) is 86.8 Å². The second-order valence-corrected chi connectivity index (χ2v) is 14.1. The molecule has 4 rings (SSSR count). The zero-order valence-electron chi connectivity index (χ0n) is 26.4. The third-order valence-electron chi connectivity index (χ3n) is 7.95. The largest absolute Gasteiger partial charge is 0.352 e. The van der Waals surface area contributed by atoms with Gasteiger partial charge in [0, 0.05) is 19.0 Å². The van der Waals surface area contributed by atoms with Crippen LogP contribution in [-0.4, -0.2) is 43.8 Å². The molecule has 46 heavy (non-hydrogen) atoms. The first-order valence-electron chi connectivity index (χ1n) is 15.1. The highest BCUT2D eigenvalue weighted by Gasteiger charge is 2.35.